The molecule has 0 fully saturated rings. The van der Waals surface area contributed by atoms with Crippen molar-refractivity contribution in [3.05, 3.63) is 60.2 Å². The first-order valence-corrected chi connectivity index (χ1v) is 5.87. The van der Waals surface area contributed by atoms with Crippen molar-refractivity contribution in [1.29, 1.82) is 0 Å². The Labute approximate surface area is 108 Å². The van der Waals surface area contributed by atoms with Crippen LogP contribution < -0.4 is 10.3 Å². The average Bonchev–Trinajstić information content (AvgIpc) is 2.40. The Balaban J connectivity index is 1.97. The summed E-state index contributed by atoms with van der Waals surface area (Å²) in [5.41, 5.74) is 6.23. The molecule has 0 amide bonds. The molecule has 2 aromatic rings. The highest BCUT2D eigenvalue weighted by Gasteiger charge is 1.93. The Morgan fingerprint density at radius 2 is 1.61 bits per heavy atom. The summed E-state index contributed by atoms with van der Waals surface area (Å²) in [5, 5.41) is 4.20. The van der Waals surface area contributed by atoms with Gasteiger partial charge in [-0.1, -0.05) is 30.3 Å². The normalized spacial score (nSPS) is 10.6. The molecule has 2 aromatic carbocycles. The molecule has 2 rings (SSSR count). The molecule has 0 aliphatic carbocycles. The van der Waals surface area contributed by atoms with E-state index in [-0.39, 0.29) is 0 Å². The maximum absolute atomic E-state index is 4.20. The van der Waals surface area contributed by atoms with Crippen molar-refractivity contribution in [3.63, 3.8) is 0 Å². The minimum atomic E-state index is 0.985. The molecule has 0 spiro atoms. The SMILES string of the molecule is CN(C)c1ccc(/C=N/Nc2ccccc2)cc1. The third kappa shape index (κ3) is 3.35. The third-order valence-electron chi connectivity index (χ3n) is 2.59. The number of para-hydroxylation sites is 1. The molecule has 0 aromatic heterocycles. The molecule has 0 unspecified atom stereocenters. The van der Waals surface area contributed by atoms with Crippen molar-refractivity contribution in [1.82, 2.24) is 0 Å². The van der Waals surface area contributed by atoms with Gasteiger partial charge in [0, 0.05) is 19.8 Å². The van der Waals surface area contributed by atoms with E-state index in [1.807, 2.05) is 62.8 Å². The van der Waals surface area contributed by atoms with Crippen molar-refractivity contribution in [3.8, 4) is 0 Å². The lowest BCUT2D eigenvalue weighted by Crippen LogP contribution is -2.08. The second-order valence-electron chi connectivity index (χ2n) is 4.22. The van der Waals surface area contributed by atoms with Gasteiger partial charge in [0.1, 0.15) is 0 Å². The highest BCUT2D eigenvalue weighted by Crippen LogP contribution is 2.11. The first-order valence-electron chi connectivity index (χ1n) is 5.87. The number of hydrogen-bond donors (Lipinski definition) is 1. The molecule has 0 aliphatic rings. The zero-order valence-corrected chi connectivity index (χ0v) is 10.7. The summed E-state index contributed by atoms with van der Waals surface area (Å²) in [7, 11) is 4.06. The Hall–Kier alpha value is -2.29. The van der Waals surface area contributed by atoms with E-state index in [9.17, 15) is 0 Å². The molecule has 0 radical (unpaired) electrons. The van der Waals surface area contributed by atoms with Gasteiger partial charge < -0.3 is 4.90 Å². The number of nitrogens with zero attached hydrogens (tertiary/aromatic N) is 2. The van der Waals surface area contributed by atoms with E-state index in [0.29, 0.717) is 0 Å². The van der Waals surface area contributed by atoms with Crippen LogP contribution in [0.1, 0.15) is 5.56 Å². The Bertz CT molecular complexity index is 501. The van der Waals surface area contributed by atoms with Crippen LogP contribution in [0.15, 0.2) is 59.7 Å². The van der Waals surface area contributed by atoms with Gasteiger partial charge in [-0.05, 0) is 29.8 Å². The van der Waals surface area contributed by atoms with E-state index in [2.05, 4.69) is 27.6 Å². The number of hydrazone groups is 1. The van der Waals surface area contributed by atoms with Crippen molar-refractivity contribution >= 4 is 17.6 Å². The van der Waals surface area contributed by atoms with Crippen LogP contribution in [0.3, 0.4) is 0 Å². The molecule has 0 heterocycles. The van der Waals surface area contributed by atoms with Gasteiger partial charge in [-0.25, -0.2) is 0 Å². The van der Waals surface area contributed by atoms with Crippen LogP contribution in [0, 0.1) is 0 Å². The van der Waals surface area contributed by atoms with Crippen LogP contribution in [-0.2, 0) is 0 Å². The quantitative estimate of drug-likeness (QED) is 0.655. The lowest BCUT2D eigenvalue weighted by molar-refractivity contribution is 1.13. The molecular formula is C15H17N3. The van der Waals surface area contributed by atoms with Gasteiger partial charge in [0.05, 0.1) is 11.9 Å². The summed E-state index contributed by atoms with van der Waals surface area (Å²) in [6, 6.07) is 18.1. The number of rotatable bonds is 4. The maximum atomic E-state index is 4.20. The first-order chi connectivity index (χ1) is 8.75. The number of hydrogen-bond acceptors (Lipinski definition) is 3. The van der Waals surface area contributed by atoms with Gasteiger partial charge in [0.2, 0.25) is 0 Å². The lowest BCUT2D eigenvalue weighted by Gasteiger charge is -2.11. The zero-order chi connectivity index (χ0) is 12.8. The van der Waals surface area contributed by atoms with Crippen molar-refractivity contribution < 1.29 is 0 Å². The number of benzene rings is 2. The van der Waals surface area contributed by atoms with Gasteiger partial charge in [0.15, 0.2) is 0 Å². The minimum absolute atomic E-state index is 0.985. The minimum Gasteiger partial charge on any atom is -0.378 e. The topological polar surface area (TPSA) is 27.6 Å². The van der Waals surface area contributed by atoms with E-state index in [1.54, 1.807) is 0 Å². The number of nitrogens with one attached hydrogen (secondary N) is 1. The van der Waals surface area contributed by atoms with E-state index in [0.717, 1.165) is 11.3 Å². The summed E-state index contributed by atoms with van der Waals surface area (Å²) in [5.74, 6) is 0. The second-order valence-corrected chi connectivity index (χ2v) is 4.22. The molecule has 3 heteroatoms. The molecule has 1 N–H and O–H groups in total. The van der Waals surface area contributed by atoms with E-state index in [1.165, 1.54) is 5.69 Å². The van der Waals surface area contributed by atoms with Crippen LogP contribution in [0.4, 0.5) is 11.4 Å². The summed E-state index contributed by atoms with van der Waals surface area (Å²) in [6.45, 7) is 0. The molecular weight excluding hydrogens is 222 g/mol. The highest BCUT2D eigenvalue weighted by molar-refractivity contribution is 5.80. The molecule has 92 valence electrons. The second kappa shape index (κ2) is 5.87. The highest BCUT2D eigenvalue weighted by atomic mass is 15.3. The largest absolute Gasteiger partial charge is 0.378 e. The van der Waals surface area contributed by atoms with Crippen molar-refractivity contribution in [2.24, 2.45) is 5.10 Å². The van der Waals surface area contributed by atoms with Gasteiger partial charge in [-0.15, -0.1) is 0 Å². The van der Waals surface area contributed by atoms with E-state index < -0.39 is 0 Å². The fourth-order valence-corrected chi connectivity index (χ4v) is 1.55. The molecule has 3 nitrogen and oxygen atoms in total. The van der Waals surface area contributed by atoms with Crippen molar-refractivity contribution in [2.45, 2.75) is 0 Å². The molecule has 0 aliphatic heterocycles. The van der Waals surface area contributed by atoms with Crippen LogP contribution in [0.5, 0.6) is 0 Å². The third-order valence-corrected chi connectivity index (χ3v) is 2.59. The Morgan fingerprint density at radius 1 is 0.944 bits per heavy atom. The van der Waals surface area contributed by atoms with Crippen molar-refractivity contribution in [2.75, 3.05) is 24.4 Å². The van der Waals surface area contributed by atoms with Crippen LogP contribution in [0.2, 0.25) is 0 Å². The standard InChI is InChI=1S/C15H17N3/c1-18(2)15-10-8-13(9-11-15)12-16-17-14-6-4-3-5-7-14/h3-12,17H,1-2H3/b16-12+. The van der Waals surface area contributed by atoms with E-state index >= 15 is 0 Å². The fourth-order valence-electron chi connectivity index (χ4n) is 1.55. The summed E-state index contributed by atoms with van der Waals surface area (Å²) in [6.07, 6.45) is 1.81. The lowest BCUT2D eigenvalue weighted by atomic mass is 10.2. The molecule has 0 saturated heterocycles. The summed E-state index contributed by atoms with van der Waals surface area (Å²) < 4.78 is 0. The van der Waals surface area contributed by atoms with Crippen LogP contribution in [-0.4, -0.2) is 20.3 Å². The predicted molar refractivity (Wildman–Crippen MR) is 78.4 cm³/mol. The number of anilines is 2. The smallest absolute Gasteiger partial charge is 0.0561 e. The summed E-state index contributed by atoms with van der Waals surface area (Å²) in [4.78, 5) is 2.07. The molecule has 0 bridgehead atoms. The molecule has 0 atom stereocenters. The summed E-state index contributed by atoms with van der Waals surface area (Å²) >= 11 is 0. The van der Waals surface area contributed by atoms with Gasteiger partial charge >= 0.3 is 0 Å². The maximum Gasteiger partial charge on any atom is 0.0561 e. The van der Waals surface area contributed by atoms with E-state index in [4.69, 9.17) is 0 Å². The van der Waals surface area contributed by atoms with Crippen LogP contribution >= 0.6 is 0 Å². The average molecular weight is 239 g/mol. The zero-order valence-electron chi connectivity index (χ0n) is 10.7. The monoisotopic (exact) mass is 239 g/mol. The fraction of sp³-hybridized carbons (Fsp3) is 0.133. The van der Waals surface area contributed by atoms with Gasteiger partial charge in [0.25, 0.3) is 0 Å². The molecule has 0 saturated carbocycles. The van der Waals surface area contributed by atoms with Gasteiger partial charge in [-0.2, -0.15) is 5.10 Å². The first kappa shape index (κ1) is 12.2. The Morgan fingerprint density at radius 3 is 2.22 bits per heavy atom. The molecule has 18 heavy (non-hydrogen) atoms. The van der Waals surface area contributed by atoms with Crippen LogP contribution in [0.25, 0.3) is 0 Å². The van der Waals surface area contributed by atoms with Gasteiger partial charge in [-0.3, -0.25) is 5.43 Å². The Kier molecular flexibility index (Phi) is 3.97. The predicted octanol–water partition coefficient (Wildman–Crippen LogP) is 3.20.